The summed E-state index contributed by atoms with van der Waals surface area (Å²) >= 11 is 0. The molecule has 1 atom stereocenters. The Kier molecular flexibility index (Phi) is 4.31. The number of likely N-dealkylation sites (tertiary alicyclic amines) is 1. The monoisotopic (exact) mass is 301 g/mol. The van der Waals surface area contributed by atoms with E-state index >= 15 is 0 Å². The molecule has 7 heteroatoms. The van der Waals surface area contributed by atoms with Crippen LogP contribution in [-0.4, -0.2) is 51.4 Å². The van der Waals surface area contributed by atoms with Crippen LogP contribution in [0.2, 0.25) is 0 Å². The molecule has 2 rings (SSSR count). The van der Waals surface area contributed by atoms with Gasteiger partial charge in [-0.25, -0.2) is 17.1 Å². The van der Waals surface area contributed by atoms with Crippen molar-refractivity contribution in [3.8, 4) is 0 Å². The molecule has 20 heavy (non-hydrogen) atoms. The van der Waals surface area contributed by atoms with Crippen LogP contribution in [0.15, 0.2) is 23.1 Å². The summed E-state index contributed by atoms with van der Waals surface area (Å²) in [6.45, 7) is 2.34. The van der Waals surface area contributed by atoms with Crippen LogP contribution in [0.1, 0.15) is 6.42 Å². The molecule has 1 aromatic rings. The number of nitrogens with zero attached hydrogens (tertiary/aromatic N) is 2. The lowest BCUT2D eigenvalue weighted by atomic mass is 10.1. The second kappa shape index (κ2) is 5.67. The fourth-order valence-electron chi connectivity index (χ4n) is 2.50. The lowest BCUT2D eigenvalue weighted by Gasteiger charge is -2.21. The van der Waals surface area contributed by atoms with Crippen LogP contribution in [0, 0.1) is 11.7 Å². The molecular weight excluding hydrogens is 281 g/mol. The first-order valence-corrected chi connectivity index (χ1v) is 7.94. The summed E-state index contributed by atoms with van der Waals surface area (Å²) in [6, 6.07) is 3.50. The predicted molar refractivity (Wildman–Crippen MR) is 76.2 cm³/mol. The molecule has 1 aliphatic heterocycles. The van der Waals surface area contributed by atoms with Crippen molar-refractivity contribution in [1.82, 2.24) is 9.21 Å². The third-order valence-electron chi connectivity index (χ3n) is 3.68. The molecule has 112 valence electrons. The van der Waals surface area contributed by atoms with Gasteiger partial charge in [-0.3, -0.25) is 0 Å². The van der Waals surface area contributed by atoms with Crippen molar-refractivity contribution in [3.05, 3.63) is 24.0 Å². The molecule has 2 N–H and O–H groups in total. The summed E-state index contributed by atoms with van der Waals surface area (Å²) < 4.78 is 39.2. The topological polar surface area (TPSA) is 66.6 Å². The molecule has 1 aliphatic rings. The fraction of sp³-hybridized carbons (Fsp3) is 0.538. The molecule has 0 bridgehead atoms. The summed E-state index contributed by atoms with van der Waals surface area (Å²) in [5.74, 6) is -0.276. The van der Waals surface area contributed by atoms with Crippen molar-refractivity contribution in [1.29, 1.82) is 0 Å². The van der Waals surface area contributed by atoms with Crippen LogP contribution in [0.4, 0.5) is 10.1 Å². The van der Waals surface area contributed by atoms with Gasteiger partial charge in [-0.2, -0.15) is 0 Å². The molecule has 1 heterocycles. The van der Waals surface area contributed by atoms with E-state index in [9.17, 15) is 12.8 Å². The van der Waals surface area contributed by atoms with Gasteiger partial charge in [0.25, 0.3) is 0 Å². The van der Waals surface area contributed by atoms with Crippen molar-refractivity contribution in [2.45, 2.75) is 11.3 Å². The first-order valence-electron chi connectivity index (χ1n) is 6.50. The average Bonchev–Trinajstić information content (AvgIpc) is 2.78. The highest BCUT2D eigenvalue weighted by Gasteiger charge is 2.27. The Labute approximate surface area is 119 Å². The molecule has 1 fully saturated rings. The van der Waals surface area contributed by atoms with Crippen LogP contribution < -0.4 is 5.73 Å². The Morgan fingerprint density at radius 3 is 2.75 bits per heavy atom. The van der Waals surface area contributed by atoms with Gasteiger partial charge >= 0.3 is 0 Å². The maximum atomic E-state index is 13.1. The van der Waals surface area contributed by atoms with Crippen LogP contribution >= 0.6 is 0 Å². The van der Waals surface area contributed by atoms with E-state index in [1.807, 2.05) is 7.05 Å². The van der Waals surface area contributed by atoms with E-state index in [0.717, 1.165) is 25.6 Å². The Bertz CT molecular complexity index is 591. The Morgan fingerprint density at radius 2 is 2.20 bits per heavy atom. The zero-order valence-electron chi connectivity index (χ0n) is 11.7. The quantitative estimate of drug-likeness (QED) is 0.842. The molecule has 0 aliphatic carbocycles. The number of anilines is 1. The largest absolute Gasteiger partial charge is 0.396 e. The van der Waals surface area contributed by atoms with Gasteiger partial charge in [0, 0.05) is 20.1 Å². The smallest absolute Gasteiger partial charge is 0.242 e. The zero-order chi connectivity index (χ0) is 14.9. The van der Waals surface area contributed by atoms with Crippen LogP contribution in [0.3, 0.4) is 0 Å². The van der Waals surface area contributed by atoms with E-state index in [0.29, 0.717) is 12.5 Å². The maximum absolute atomic E-state index is 13.1. The van der Waals surface area contributed by atoms with Crippen LogP contribution in [0.5, 0.6) is 0 Å². The first-order chi connectivity index (χ1) is 9.30. The summed E-state index contributed by atoms with van der Waals surface area (Å²) in [6.07, 6.45) is 0.988. The molecule has 1 saturated heterocycles. The van der Waals surface area contributed by atoms with Gasteiger partial charge < -0.3 is 10.6 Å². The highest BCUT2D eigenvalue weighted by Crippen LogP contribution is 2.22. The van der Waals surface area contributed by atoms with Crippen LogP contribution in [-0.2, 0) is 10.0 Å². The highest BCUT2D eigenvalue weighted by molar-refractivity contribution is 7.89. The Morgan fingerprint density at radius 1 is 1.50 bits per heavy atom. The molecule has 0 amide bonds. The van der Waals surface area contributed by atoms with Crippen molar-refractivity contribution >= 4 is 15.7 Å². The van der Waals surface area contributed by atoms with Gasteiger partial charge in [-0.05, 0) is 44.1 Å². The van der Waals surface area contributed by atoms with Crippen molar-refractivity contribution in [2.75, 3.05) is 39.5 Å². The Balaban J connectivity index is 2.14. The normalized spacial score (nSPS) is 20.7. The molecule has 0 saturated carbocycles. The SMILES string of the molecule is CN1CCC(CN(C)S(=O)(=O)c2ccc(F)c(N)c2)C1. The van der Waals surface area contributed by atoms with E-state index in [4.69, 9.17) is 5.73 Å². The van der Waals surface area contributed by atoms with E-state index in [2.05, 4.69) is 4.90 Å². The highest BCUT2D eigenvalue weighted by atomic mass is 32.2. The first kappa shape index (κ1) is 15.2. The van der Waals surface area contributed by atoms with Gasteiger partial charge in [-0.15, -0.1) is 0 Å². The minimum Gasteiger partial charge on any atom is -0.396 e. The average molecular weight is 301 g/mol. The fourth-order valence-corrected chi connectivity index (χ4v) is 3.78. The van der Waals surface area contributed by atoms with Gasteiger partial charge in [0.1, 0.15) is 5.82 Å². The van der Waals surface area contributed by atoms with E-state index in [1.165, 1.54) is 16.4 Å². The van der Waals surface area contributed by atoms with Crippen molar-refractivity contribution in [2.24, 2.45) is 5.92 Å². The zero-order valence-corrected chi connectivity index (χ0v) is 12.5. The predicted octanol–water partition coefficient (Wildman–Crippen LogP) is 0.980. The van der Waals surface area contributed by atoms with Gasteiger partial charge in [0.15, 0.2) is 0 Å². The lowest BCUT2D eigenvalue weighted by molar-refractivity contribution is 0.356. The number of nitrogen functional groups attached to an aromatic ring is 1. The summed E-state index contributed by atoms with van der Waals surface area (Å²) in [5, 5.41) is 0. The summed E-state index contributed by atoms with van der Waals surface area (Å²) in [4.78, 5) is 2.21. The summed E-state index contributed by atoms with van der Waals surface area (Å²) in [5.41, 5.74) is 5.28. The molecule has 5 nitrogen and oxygen atoms in total. The maximum Gasteiger partial charge on any atom is 0.242 e. The molecule has 0 spiro atoms. The van der Waals surface area contributed by atoms with Crippen molar-refractivity contribution in [3.63, 3.8) is 0 Å². The molecule has 1 aromatic carbocycles. The molecule has 0 aromatic heterocycles. The van der Waals surface area contributed by atoms with E-state index < -0.39 is 15.8 Å². The number of nitrogens with two attached hydrogens (primary N) is 1. The number of hydrogen-bond donors (Lipinski definition) is 1. The third kappa shape index (κ3) is 3.11. The number of benzene rings is 1. The van der Waals surface area contributed by atoms with Crippen LogP contribution in [0.25, 0.3) is 0 Å². The number of sulfonamides is 1. The minimum atomic E-state index is -3.62. The van der Waals surface area contributed by atoms with Gasteiger partial charge in [0.05, 0.1) is 10.6 Å². The molecular formula is C13H20FN3O2S. The second-order valence-corrected chi connectivity index (χ2v) is 7.43. The van der Waals surface area contributed by atoms with Crippen molar-refractivity contribution < 1.29 is 12.8 Å². The number of hydrogen-bond acceptors (Lipinski definition) is 4. The molecule has 0 radical (unpaired) electrons. The lowest BCUT2D eigenvalue weighted by Crippen LogP contribution is -2.33. The standard InChI is InChI=1S/C13H20FN3O2S/c1-16-6-5-10(8-16)9-17(2)20(18,19)11-3-4-12(14)13(15)7-11/h3-4,7,10H,5-6,8-9,15H2,1-2H3. The van der Waals surface area contributed by atoms with Gasteiger partial charge in [0.2, 0.25) is 10.0 Å². The minimum absolute atomic E-state index is 0.0326. The molecule has 1 unspecified atom stereocenters. The Hall–Kier alpha value is -1.18. The van der Waals surface area contributed by atoms with Gasteiger partial charge in [-0.1, -0.05) is 0 Å². The third-order valence-corrected chi connectivity index (χ3v) is 5.50. The van der Waals surface area contributed by atoms with E-state index in [-0.39, 0.29) is 10.6 Å². The second-order valence-electron chi connectivity index (χ2n) is 5.39. The van der Waals surface area contributed by atoms with E-state index in [1.54, 1.807) is 7.05 Å². The summed E-state index contributed by atoms with van der Waals surface area (Å²) in [7, 11) is -0.0433. The number of rotatable bonds is 4. The number of halogens is 1.